The van der Waals surface area contributed by atoms with Gasteiger partial charge in [0.15, 0.2) is 0 Å². The monoisotopic (exact) mass is 195 g/mol. The van der Waals surface area contributed by atoms with Crippen LogP contribution in [0.1, 0.15) is 6.42 Å². The normalized spacial score (nSPS) is 15.0. The lowest BCUT2D eigenvalue weighted by Crippen LogP contribution is -2.31. The first kappa shape index (κ1) is 10.2. The average Bonchev–Trinajstić information content (AvgIpc) is 2.43. The Hall–Kier alpha value is -1.91. The zero-order chi connectivity index (χ0) is 10.7. The van der Waals surface area contributed by atoms with Crippen molar-refractivity contribution in [1.29, 1.82) is 0 Å². The second-order valence-corrected chi connectivity index (χ2v) is 2.82. The van der Waals surface area contributed by atoms with Crippen LogP contribution in [0.25, 0.3) is 0 Å². The number of carboxylic acid groups (broad SMARTS) is 1. The molecule has 2 amide bonds. The maximum absolute atomic E-state index is 11.0. The number of imide groups is 1. The van der Waals surface area contributed by atoms with Gasteiger partial charge >= 0.3 is 5.97 Å². The van der Waals surface area contributed by atoms with Gasteiger partial charge in [-0.1, -0.05) is 6.58 Å². The minimum absolute atomic E-state index is 0.0162. The molecule has 0 aromatic rings. The summed E-state index contributed by atoms with van der Waals surface area (Å²) in [5.41, 5.74) is -0.0162. The second kappa shape index (κ2) is 3.87. The molecule has 14 heavy (non-hydrogen) atoms. The summed E-state index contributed by atoms with van der Waals surface area (Å²) < 4.78 is 0. The summed E-state index contributed by atoms with van der Waals surface area (Å²) in [7, 11) is 0. The van der Waals surface area contributed by atoms with E-state index in [0.717, 1.165) is 17.1 Å². The predicted octanol–water partition coefficient (Wildman–Crippen LogP) is -0.0577. The Kier molecular flexibility index (Phi) is 2.81. The Morgan fingerprint density at radius 1 is 1.36 bits per heavy atom. The Morgan fingerprint density at radius 2 is 1.86 bits per heavy atom. The zero-order valence-electron chi connectivity index (χ0n) is 7.40. The highest BCUT2D eigenvalue weighted by Gasteiger charge is 2.23. The van der Waals surface area contributed by atoms with Crippen molar-refractivity contribution in [2.24, 2.45) is 0 Å². The molecule has 0 spiro atoms. The van der Waals surface area contributed by atoms with Gasteiger partial charge in [-0.3, -0.25) is 14.5 Å². The SMILES string of the molecule is C=C(CCN1C(=O)C=CC1=O)C(=O)O. The third kappa shape index (κ3) is 2.07. The lowest BCUT2D eigenvalue weighted by molar-refractivity contribution is -0.138. The predicted molar refractivity (Wildman–Crippen MR) is 47.3 cm³/mol. The van der Waals surface area contributed by atoms with Crippen molar-refractivity contribution >= 4 is 17.8 Å². The molecule has 74 valence electrons. The first-order valence-corrected chi connectivity index (χ1v) is 3.97. The Labute approximate surface area is 80.3 Å². The van der Waals surface area contributed by atoms with E-state index in [0.29, 0.717) is 0 Å². The number of hydrogen-bond acceptors (Lipinski definition) is 3. The number of rotatable bonds is 4. The summed E-state index contributed by atoms with van der Waals surface area (Å²) in [5, 5.41) is 8.48. The van der Waals surface area contributed by atoms with E-state index in [2.05, 4.69) is 6.58 Å². The lowest BCUT2D eigenvalue weighted by Gasteiger charge is -2.12. The average molecular weight is 195 g/mol. The van der Waals surface area contributed by atoms with E-state index in [1.807, 2.05) is 0 Å². The highest BCUT2D eigenvalue weighted by atomic mass is 16.4. The van der Waals surface area contributed by atoms with Gasteiger partial charge in [-0.25, -0.2) is 4.79 Å². The fourth-order valence-corrected chi connectivity index (χ4v) is 1.01. The molecular weight excluding hydrogens is 186 g/mol. The third-order valence-corrected chi connectivity index (χ3v) is 1.84. The summed E-state index contributed by atoms with van der Waals surface area (Å²) in [6, 6.07) is 0. The van der Waals surface area contributed by atoms with Crippen molar-refractivity contribution in [3.63, 3.8) is 0 Å². The van der Waals surface area contributed by atoms with E-state index in [1.54, 1.807) is 0 Å². The van der Waals surface area contributed by atoms with E-state index in [9.17, 15) is 14.4 Å². The van der Waals surface area contributed by atoms with Crippen LogP contribution in [0.2, 0.25) is 0 Å². The van der Waals surface area contributed by atoms with Crippen LogP contribution in [0, 0.1) is 0 Å². The summed E-state index contributed by atoms with van der Waals surface area (Å²) in [4.78, 5) is 33.4. The number of nitrogens with zero attached hydrogens (tertiary/aromatic N) is 1. The number of amides is 2. The zero-order valence-corrected chi connectivity index (χ0v) is 7.40. The Bertz CT molecular complexity index is 325. The molecule has 1 N–H and O–H groups in total. The minimum atomic E-state index is -1.11. The van der Waals surface area contributed by atoms with Gasteiger partial charge in [0.05, 0.1) is 0 Å². The van der Waals surface area contributed by atoms with Crippen molar-refractivity contribution in [1.82, 2.24) is 4.90 Å². The molecule has 0 saturated heterocycles. The highest BCUT2D eigenvalue weighted by Crippen LogP contribution is 2.07. The molecule has 0 aliphatic carbocycles. The lowest BCUT2D eigenvalue weighted by atomic mass is 10.2. The van der Waals surface area contributed by atoms with Crippen molar-refractivity contribution in [3.8, 4) is 0 Å². The highest BCUT2D eigenvalue weighted by molar-refractivity contribution is 6.12. The topological polar surface area (TPSA) is 74.7 Å². The summed E-state index contributed by atoms with van der Waals surface area (Å²) in [6.07, 6.45) is 2.41. The molecule has 0 saturated carbocycles. The van der Waals surface area contributed by atoms with Crippen LogP contribution in [0.15, 0.2) is 24.3 Å². The van der Waals surface area contributed by atoms with Crippen LogP contribution < -0.4 is 0 Å². The molecule has 0 atom stereocenters. The molecule has 5 heteroatoms. The quantitative estimate of drug-likeness (QED) is 0.503. The molecule has 0 fully saturated rings. The molecular formula is C9H9NO4. The Balaban J connectivity index is 2.47. The van der Waals surface area contributed by atoms with E-state index in [1.165, 1.54) is 0 Å². The van der Waals surface area contributed by atoms with Gasteiger partial charge < -0.3 is 5.11 Å². The smallest absolute Gasteiger partial charge is 0.331 e. The Morgan fingerprint density at radius 3 is 2.29 bits per heavy atom. The standard InChI is InChI=1S/C9H9NO4/c1-6(9(13)14)4-5-10-7(11)2-3-8(10)12/h2-3H,1,4-5H2,(H,13,14). The van der Waals surface area contributed by atoms with Gasteiger partial charge in [0.25, 0.3) is 11.8 Å². The first-order valence-electron chi connectivity index (χ1n) is 3.97. The molecule has 0 aromatic carbocycles. The molecule has 0 aromatic heterocycles. The van der Waals surface area contributed by atoms with Gasteiger partial charge in [-0.15, -0.1) is 0 Å². The summed E-state index contributed by atoms with van der Waals surface area (Å²) in [6.45, 7) is 3.36. The van der Waals surface area contributed by atoms with Gasteiger partial charge in [-0.05, 0) is 6.42 Å². The fourth-order valence-electron chi connectivity index (χ4n) is 1.01. The van der Waals surface area contributed by atoms with Crippen LogP contribution in [-0.2, 0) is 14.4 Å². The van der Waals surface area contributed by atoms with Crippen molar-refractivity contribution in [2.75, 3.05) is 6.54 Å². The second-order valence-electron chi connectivity index (χ2n) is 2.82. The first-order chi connectivity index (χ1) is 6.52. The van der Waals surface area contributed by atoms with Crippen LogP contribution in [-0.4, -0.2) is 34.3 Å². The molecule has 1 heterocycles. The van der Waals surface area contributed by atoms with Gasteiger partial charge in [-0.2, -0.15) is 0 Å². The van der Waals surface area contributed by atoms with Crippen LogP contribution in [0.5, 0.6) is 0 Å². The van der Waals surface area contributed by atoms with Crippen molar-refractivity contribution in [2.45, 2.75) is 6.42 Å². The van der Waals surface area contributed by atoms with Crippen LogP contribution in [0.4, 0.5) is 0 Å². The van der Waals surface area contributed by atoms with Crippen molar-refractivity contribution < 1.29 is 19.5 Å². The molecule has 1 rings (SSSR count). The molecule has 1 aliphatic heterocycles. The maximum atomic E-state index is 11.0. The summed E-state index contributed by atoms with van der Waals surface area (Å²) in [5.74, 6) is -1.93. The van der Waals surface area contributed by atoms with Gasteiger partial charge in [0.2, 0.25) is 0 Å². The number of carbonyl (C=O) groups excluding carboxylic acids is 2. The third-order valence-electron chi connectivity index (χ3n) is 1.84. The maximum Gasteiger partial charge on any atom is 0.331 e. The molecule has 1 aliphatic rings. The van der Waals surface area contributed by atoms with Crippen molar-refractivity contribution in [3.05, 3.63) is 24.3 Å². The number of hydrogen-bond donors (Lipinski definition) is 1. The van der Waals surface area contributed by atoms with Crippen LogP contribution >= 0.6 is 0 Å². The molecule has 0 unspecified atom stereocenters. The molecule has 5 nitrogen and oxygen atoms in total. The number of aliphatic carboxylic acids is 1. The van der Waals surface area contributed by atoms with Gasteiger partial charge in [0.1, 0.15) is 0 Å². The summed E-state index contributed by atoms with van der Waals surface area (Å²) >= 11 is 0. The number of carboxylic acids is 1. The van der Waals surface area contributed by atoms with E-state index in [4.69, 9.17) is 5.11 Å². The fraction of sp³-hybridized carbons (Fsp3) is 0.222. The van der Waals surface area contributed by atoms with Crippen LogP contribution in [0.3, 0.4) is 0 Å². The molecule has 0 radical (unpaired) electrons. The largest absolute Gasteiger partial charge is 0.478 e. The molecule has 0 bridgehead atoms. The van der Waals surface area contributed by atoms with E-state index >= 15 is 0 Å². The number of carbonyl (C=O) groups is 3. The minimum Gasteiger partial charge on any atom is -0.478 e. The van der Waals surface area contributed by atoms with E-state index < -0.39 is 17.8 Å². The van der Waals surface area contributed by atoms with Gasteiger partial charge in [0, 0.05) is 24.3 Å². The van der Waals surface area contributed by atoms with E-state index in [-0.39, 0.29) is 18.5 Å².